The average molecular weight is 195 g/mol. The van der Waals surface area contributed by atoms with Crippen LogP contribution in [0.4, 0.5) is 0 Å². The van der Waals surface area contributed by atoms with Crippen molar-refractivity contribution in [3.63, 3.8) is 0 Å². The minimum Gasteiger partial charge on any atom is -0.311 e. The van der Waals surface area contributed by atoms with E-state index in [9.17, 15) is 0 Å². The Kier molecular flexibility index (Phi) is 3.16. The first-order chi connectivity index (χ1) is 6.70. The van der Waals surface area contributed by atoms with Crippen LogP contribution in [0.3, 0.4) is 0 Å². The van der Waals surface area contributed by atoms with Crippen molar-refractivity contribution in [3.05, 3.63) is 0 Å². The first kappa shape index (κ1) is 10.5. The van der Waals surface area contributed by atoms with Gasteiger partial charge >= 0.3 is 0 Å². The normalized spacial score (nSPS) is 39.0. The van der Waals surface area contributed by atoms with Crippen molar-refractivity contribution in [2.45, 2.75) is 65.0 Å². The van der Waals surface area contributed by atoms with Crippen molar-refractivity contribution in [1.82, 2.24) is 5.32 Å². The Bertz CT molecular complexity index is 176. The van der Waals surface area contributed by atoms with Crippen molar-refractivity contribution in [1.29, 1.82) is 0 Å². The minimum atomic E-state index is 0.867. The molecule has 2 fully saturated rings. The number of nitrogens with one attached hydrogen (secondary N) is 1. The summed E-state index contributed by atoms with van der Waals surface area (Å²) in [6.07, 6.45) is 7.16. The summed E-state index contributed by atoms with van der Waals surface area (Å²) in [5.41, 5.74) is 0. The molecule has 2 bridgehead atoms. The van der Waals surface area contributed by atoms with Crippen LogP contribution in [-0.4, -0.2) is 12.1 Å². The van der Waals surface area contributed by atoms with Crippen LogP contribution in [0.5, 0.6) is 0 Å². The summed E-state index contributed by atoms with van der Waals surface area (Å²) < 4.78 is 0. The van der Waals surface area contributed by atoms with E-state index in [1.165, 1.54) is 32.1 Å². The SMILES string of the molecule is CCC(C(C)C)C1C[C@H]2CC[C@@H](C1)N2. The molecule has 2 aliphatic heterocycles. The smallest absolute Gasteiger partial charge is 0.00729 e. The maximum absolute atomic E-state index is 3.74. The lowest BCUT2D eigenvalue weighted by Crippen LogP contribution is -2.41. The van der Waals surface area contributed by atoms with Crippen LogP contribution >= 0.6 is 0 Å². The quantitative estimate of drug-likeness (QED) is 0.729. The third-order valence-electron chi connectivity index (χ3n) is 4.44. The molecule has 0 aromatic rings. The van der Waals surface area contributed by atoms with Crippen LogP contribution in [0.15, 0.2) is 0 Å². The van der Waals surface area contributed by atoms with E-state index in [0.717, 1.165) is 29.8 Å². The molecule has 0 aromatic heterocycles. The second-order valence-corrected chi connectivity index (χ2v) is 5.69. The monoisotopic (exact) mass is 195 g/mol. The van der Waals surface area contributed by atoms with Gasteiger partial charge in [-0.05, 0) is 43.4 Å². The Labute approximate surface area is 88.7 Å². The third kappa shape index (κ3) is 1.98. The molecule has 0 aromatic carbocycles. The van der Waals surface area contributed by atoms with Gasteiger partial charge in [0.05, 0.1) is 0 Å². The zero-order chi connectivity index (χ0) is 10.1. The molecule has 1 nitrogen and oxygen atoms in total. The van der Waals surface area contributed by atoms with Gasteiger partial charge in [0, 0.05) is 12.1 Å². The Morgan fingerprint density at radius 3 is 2.14 bits per heavy atom. The fourth-order valence-electron chi connectivity index (χ4n) is 3.80. The number of fused-ring (bicyclic) bond motifs is 2. The molecule has 2 unspecified atom stereocenters. The Balaban J connectivity index is 1.97. The topological polar surface area (TPSA) is 12.0 Å². The molecule has 2 rings (SSSR count). The molecule has 2 heterocycles. The van der Waals surface area contributed by atoms with Gasteiger partial charge < -0.3 is 5.32 Å². The van der Waals surface area contributed by atoms with Crippen molar-refractivity contribution in [3.8, 4) is 0 Å². The van der Waals surface area contributed by atoms with Gasteiger partial charge in [0.1, 0.15) is 0 Å². The number of hydrogen-bond acceptors (Lipinski definition) is 1. The lowest BCUT2D eigenvalue weighted by molar-refractivity contribution is 0.169. The lowest BCUT2D eigenvalue weighted by Gasteiger charge is -2.36. The first-order valence-electron chi connectivity index (χ1n) is 6.46. The molecule has 1 N–H and O–H groups in total. The van der Waals surface area contributed by atoms with Crippen LogP contribution in [0, 0.1) is 17.8 Å². The van der Waals surface area contributed by atoms with Crippen molar-refractivity contribution < 1.29 is 0 Å². The lowest BCUT2D eigenvalue weighted by atomic mass is 9.75. The molecular weight excluding hydrogens is 170 g/mol. The van der Waals surface area contributed by atoms with Gasteiger partial charge in [-0.25, -0.2) is 0 Å². The molecule has 0 spiro atoms. The summed E-state index contributed by atoms with van der Waals surface area (Å²) in [4.78, 5) is 0. The van der Waals surface area contributed by atoms with Crippen molar-refractivity contribution in [2.24, 2.45) is 17.8 Å². The largest absolute Gasteiger partial charge is 0.311 e. The van der Waals surface area contributed by atoms with Crippen LogP contribution in [0.2, 0.25) is 0 Å². The van der Waals surface area contributed by atoms with Crippen LogP contribution in [0.1, 0.15) is 52.9 Å². The number of piperidine rings is 1. The van der Waals surface area contributed by atoms with Gasteiger partial charge in [0.2, 0.25) is 0 Å². The van der Waals surface area contributed by atoms with E-state index in [4.69, 9.17) is 0 Å². The first-order valence-corrected chi connectivity index (χ1v) is 6.46. The summed E-state index contributed by atoms with van der Waals surface area (Å²) in [7, 11) is 0. The van der Waals surface area contributed by atoms with Crippen LogP contribution < -0.4 is 5.32 Å². The summed E-state index contributed by atoms with van der Waals surface area (Å²) in [6, 6.07) is 1.73. The Morgan fingerprint density at radius 1 is 1.14 bits per heavy atom. The molecule has 0 amide bonds. The molecule has 0 saturated carbocycles. The summed E-state index contributed by atoms with van der Waals surface area (Å²) in [5, 5.41) is 3.74. The van der Waals surface area contributed by atoms with Gasteiger partial charge in [0.15, 0.2) is 0 Å². The zero-order valence-electron chi connectivity index (χ0n) is 9.92. The molecule has 14 heavy (non-hydrogen) atoms. The van der Waals surface area contributed by atoms with Crippen LogP contribution in [0.25, 0.3) is 0 Å². The number of hydrogen-bond donors (Lipinski definition) is 1. The van der Waals surface area contributed by atoms with E-state index in [0.29, 0.717) is 0 Å². The van der Waals surface area contributed by atoms with Crippen molar-refractivity contribution in [2.75, 3.05) is 0 Å². The van der Waals surface area contributed by atoms with E-state index in [-0.39, 0.29) is 0 Å². The molecule has 4 atom stereocenters. The Morgan fingerprint density at radius 2 is 1.71 bits per heavy atom. The fraction of sp³-hybridized carbons (Fsp3) is 1.00. The van der Waals surface area contributed by atoms with E-state index >= 15 is 0 Å². The highest BCUT2D eigenvalue weighted by Crippen LogP contribution is 2.38. The minimum absolute atomic E-state index is 0.867. The molecule has 0 radical (unpaired) electrons. The van der Waals surface area contributed by atoms with Crippen LogP contribution in [-0.2, 0) is 0 Å². The molecule has 1 heteroatoms. The molecule has 2 aliphatic rings. The third-order valence-corrected chi connectivity index (χ3v) is 4.44. The van der Waals surface area contributed by atoms with E-state index in [2.05, 4.69) is 26.1 Å². The van der Waals surface area contributed by atoms with Gasteiger partial charge in [-0.2, -0.15) is 0 Å². The van der Waals surface area contributed by atoms with Gasteiger partial charge in [-0.3, -0.25) is 0 Å². The molecule has 82 valence electrons. The molecule has 0 aliphatic carbocycles. The maximum Gasteiger partial charge on any atom is 0.00729 e. The van der Waals surface area contributed by atoms with Crippen molar-refractivity contribution >= 4 is 0 Å². The van der Waals surface area contributed by atoms with Gasteiger partial charge in [-0.15, -0.1) is 0 Å². The highest BCUT2D eigenvalue weighted by atomic mass is 15.0. The summed E-state index contributed by atoms with van der Waals surface area (Å²) in [6.45, 7) is 7.17. The Hall–Kier alpha value is -0.0400. The van der Waals surface area contributed by atoms with Gasteiger partial charge in [0.25, 0.3) is 0 Å². The fourth-order valence-corrected chi connectivity index (χ4v) is 3.80. The summed E-state index contributed by atoms with van der Waals surface area (Å²) in [5.74, 6) is 2.86. The second-order valence-electron chi connectivity index (χ2n) is 5.69. The van der Waals surface area contributed by atoms with E-state index in [1.54, 1.807) is 0 Å². The summed E-state index contributed by atoms with van der Waals surface area (Å²) >= 11 is 0. The predicted molar refractivity (Wildman–Crippen MR) is 61.3 cm³/mol. The van der Waals surface area contributed by atoms with Gasteiger partial charge in [-0.1, -0.05) is 27.2 Å². The standard InChI is InChI=1S/C13H25N/c1-4-13(9(2)3)10-7-11-5-6-12(8-10)14-11/h9-14H,4-8H2,1-3H3/t10?,11-,12+,13?. The highest BCUT2D eigenvalue weighted by molar-refractivity contribution is 4.94. The molecular formula is C13H25N. The predicted octanol–water partition coefficient (Wildman–Crippen LogP) is 3.20. The molecule has 2 saturated heterocycles. The maximum atomic E-state index is 3.74. The van der Waals surface area contributed by atoms with E-state index in [1.807, 2.05) is 0 Å². The van der Waals surface area contributed by atoms with E-state index < -0.39 is 0 Å². The highest BCUT2D eigenvalue weighted by Gasteiger charge is 2.36. The second kappa shape index (κ2) is 4.22. The average Bonchev–Trinajstić information content (AvgIpc) is 2.46. The number of rotatable bonds is 3. The zero-order valence-corrected chi connectivity index (χ0v) is 9.92.